The van der Waals surface area contributed by atoms with E-state index in [2.05, 4.69) is 5.32 Å². The van der Waals surface area contributed by atoms with Gasteiger partial charge in [0.25, 0.3) is 0 Å². The van der Waals surface area contributed by atoms with Gasteiger partial charge >= 0.3 is 7.60 Å². The quantitative estimate of drug-likeness (QED) is 0.642. The summed E-state index contributed by atoms with van der Waals surface area (Å²) in [7, 11) is -4.24. The van der Waals surface area contributed by atoms with Gasteiger partial charge in [0.05, 0.1) is 17.7 Å². The SMILES string of the molecule is O=P(O)(O)C[C@]1(NC(c2ccccc2)c2ccccc2)C=CC(Cl)=CC1. The molecule has 0 saturated heterocycles. The Bertz CT molecular complexity index is 808. The van der Waals surface area contributed by atoms with Crippen LogP contribution in [0.25, 0.3) is 0 Å². The normalized spacial score (nSPS) is 20.2. The minimum atomic E-state index is -4.24. The van der Waals surface area contributed by atoms with Gasteiger partial charge in [-0.25, -0.2) is 0 Å². The Morgan fingerprint density at radius 3 is 2.00 bits per heavy atom. The number of hydrogen-bond donors (Lipinski definition) is 3. The van der Waals surface area contributed by atoms with Gasteiger partial charge in [0, 0.05) is 5.03 Å². The Hall–Kier alpha value is -1.68. The molecule has 0 aromatic heterocycles. The van der Waals surface area contributed by atoms with Gasteiger partial charge < -0.3 is 9.79 Å². The van der Waals surface area contributed by atoms with Crippen molar-refractivity contribution >= 4 is 19.2 Å². The molecule has 1 aliphatic rings. The van der Waals surface area contributed by atoms with Crippen LogP contribution >= 0.6 is 19.2 Å². The first kappa shape index (κ1) is 19.1. The molecule has 6 heteroatoms. The standard InChI is InChI=1S/C20H21ClNO3P/c21-18-11-13-20(14-12-18,15-26(23,24)25)22-19(16-7-3-1-4-8-16)17-9-5-2-6-10-17/h1-13,19,22H,14-15H2,(H2,23,24,25)/t20-/m0/s1. The number of rotatable bonds is 6. The Balaban J connectivity index is 2.00. The molecule has 0 aliphatic heterocycles. The Kier molecular flexibility index (Phi) is 5.81. The second-order valence-electron chi connectivity index (χ2n) is 6.50. The summed E-state index contributed by atoms with van der Waals surface area (Å²) in [5, 5.41) is 4.07. The summed E-state index contributed by atoms with van der Waals surface area (Å²) in [4.78, 5) is 19.3. The molecule has 3 N–H and O–H groups in total. The van der Waals surface area contributed by atoms with E-state index < -0.39 is 13.1 Å². The van der Waals surface area contributed by atoms with Crippen LogP contribution in [-0.4, -0.2) is 21.5 Å². The van der Waals surface area contributed by atoms with Crippen molar-refractivity contribution in [1.29, 1.82) is 0 Å². The third-order valence-corrected chi connectivity index (χ3v) is 5.67. The maximum atomic E-state index is 11.8. The minimum Gasteiger partial charge on any atom is -0.324 e. The highest BCUT2D eigenvalue weighted by Gasteiger charge is 2.37. The molecule has 0 fully saturated rings. The van der Waals surface area contributed by atoms with Crippen LogP contribution in [-0.2, 0) is 4.57 Å². The lowest BCUT2D eigenvalue weighted by atomic mass is 9.89. The highest BCUT2D eigenvalue weighted by atomic mass is 35.5. The molecule has 0 heterocycles. The van der Waals surface area contributed by atoms with Crippen molar-refractivity contribution in [3.8, 4) is 0 Å². The van der Waals surface area contributed by atoms with E-state index >= 15 is 0 Å². The zero-order chi connectivity index (χ0) is 18.6. The van der Waals surface area contributed by atoms with Gasteiger partial charge in [0.2, 0.25) is 0 Å². The fourth-order valence-electron chi connectivity index (χ4n) is 3.23. The minimum absolute atomic E-state index is 0.209. The molecule has 1 aliphatic carbocycles. The summed E-state index contributed by atoms with van der Waals surface area (Å²) < 4.78 is 11.8. The molecule has 3 rings (SSSR count). The zero-order valence-electron chi connectivity index (χ0n) is 14.1. The van der Waals surface area contributed by atoms with Crippen molar-refractivity contribution in [2.45, 2.75) is 18.0 Å². The molecule has 2 aromatic rings. The summed E-state index contributed by atoms with van der Waals surface area (Å²) in [6, 6.07) is 19.5. The van der Waals surface area contributed by atoms with Gasteiger partial charge in [-0.15, -0.1) is 0 Å². The van der Waals surface area contributed by atoms with Crippen LogP contribution in [0.2, 0.25) is 0 Å². The number of nitrogens with one attached hydrogen (secondary N) is 1. The fraction of sp³-hybridized carbons (Fsp3) is 0.200. The zero-order valence-corrected chi connectivity index (χ0v) is 15.8. The molecular weight excluding hydrogens is 369 g/mol. The number of benzene rings is 2. The smallest absolute Gasteiger partial charge is 0.324 e. The van der Waals surface area contributed by atoms with Gasteiger partial charge in [-0.1, -0.05) is 84.4 Å². The maximum absolute atomic E-state index is 11.8. The maximum Gasteiger partial charge on any atom is 0.327 e. The van der Waals surface area contributed by atoms with E-state index in [0.29, 0.717) is 11.5 Å². The summed E-state index contributed by atoms with van der Waals surface area (Å²) in [6.45, 7) is 0. The Morgan fingerprint density at radius 2 is 1.58 bits per heavy atom. The van der Waals surface area contributed by atoms with Crippen LogP contribution in [0, 0.1) is 0 Å². The number of allylic oxidation sites excluding steroid dienone is 2. The van der Waals surface area contributed by atoms with Crippen molar-refractivity contribution in [2.24, 2.45) is 0 Å². The van der Waals surface area contributed by atoms with Crippen molar-refractivity contribution in [3.05, 3.63) is 95.1 Å². The summed E-state index contributed by atoms with van der Waals surface area (Å²) in [5.41, 5.74) is 1.17. The predicted octanol–water partition coefficient (Wildman–Crippen LogP) is 4.36. The van der Waals surface area contributed by atoms with Crippen LogP contribution in [0.4, 0.5) is 0 Å². The fourth-order valence-corrected chi connectivity index (χ4v) is 4.43. The first-order chi connectivity index (χ1) is 12.4. The van der Waals surface area contributed by atoms with E-state index in [4.69, 9.17) is 11.6 Å². The molecule has 2 aromatic carbocycles. The number of halogens is 1. The van der Waals surface area contributed by atoms with Gasteiger partial charge in [0.15, 0.2) is 0 Å². The average molecular weight is 390 g/mol. The summed E-state index contributed by atoms with van der Waals surface area (Å²) >= 11 is 6.04. The summed E-state index contributed by atoms with van der Waals surface area (Å²) in [6.07, 6.45) is 5.36. The molecular formula is C20H21ClNO3P. The highest BCUT2D eigenvalue weighted by molar-refractivity contribution is 7.51. The molecule has 4 nitrogen and oxygen atoms in total. The second-order valence-corrected chi connectivity index (χ2v) is 8.59. The predicted molar refractivity (Wildman–Crippen MR) is 105 cm³/mol. The van der Waals surface area contributed by atoms with E-state index in [1.807, 2.05) is 60.7 Å². The largest absolute Gasteiger partial charge is 0.327 e. The van der Waals surface area contributed by atoms with Crippen molar-refractivity contribution in [3.63, 3.8) is 0 Å². The number of hydrogen-bond acceptors (Lipinski definition) is 2. The molecule has 0 radical (unpaired) electrons. The lowest BCUT2D eigenvalue weighted by Crippen LogP contribution is -2.49. The topological polar surface area (TPSA) is 69.6 Å². The monoisotopic (exact) mass is 389 g/mol. The molecule has 136 valence electrons. The molecule has 26 heavy (non-hydrogen) atoms. The third kappa shape index (κ3) is 4.94. The second kappa shape index (κ2) is 7.91. The first-order valence-electron chi connectivity index (χ1n) is 8.34. The van der Waals surface area contributed by atoms with Crippen molar-refractivity contribution < 1.29 is 14.4 Å². The van der Waals surface area contributed by atoms with E-state index in [9.17, 15) is 14.4 Å². The molecule has 0 saturated carbocycles. The van der Waals surface area contributed by atoms with Crippen molar-refractivity contribution in [1.82, 2.24) is 5.32 Å². The van der Waals surface area contributed by atoms with Gasteiger partial charge in [-0.2, -0.15) is 0 Å². The van der Waals surface area contributed by atoms with Crippen LogP contribution < -0.4 is 5.32 Å². The van der Waals surface area contributed by atoms with Crippen LogP contribution in [0.5, 0.6) is 0 Å². The van der Waals surface area contributed by atoms with Gasteiger partial charge in [-0.3, -0.25) is 9.88 Å². The Labute approximate surface area is 158 Å². The lowest BCUT2D eigenvalue weighted by Gasteiger charge is -2.37. The van der Waals surface area contributed by atoms with E-state index in [1.54, 1.807) is 18.2 Å². The van der Waals surface area contributed by atoms with Crippen LogP contribution in [0.3, 0.4) is 0 Å². The van der Waals surface area contributed by atoms with Crippen LogP contribution in [0.1, 0.15) is 23.6 Å². The van der Waals surface area contributed by atoms with Gasteiger partial charge in [0.1, 0.15) is 0 Å². The lowest BCUT2D eigenvalue weighted by molar-refractivity contribution is 0.335. The average Bonchev–Trinajstić information content (AvgIpc) is 2.63. The first-order valence-corrected chi connectivity index (χ1v) is 10.5. The van der Waals surface area contributed by atoms with Gasteiger partial charge in [-0.05, 0) is 23.6 Å². The Morgan fingerprint density at radius 1 is 1.04 bits per heavy atom. The molecule has 0 spiro atoms. The third-order valence-electron chi connectivity index (χ3n) is 4.41. The molecule has 0 amide bonds. The molecule has 0 unspecified atom stereocenters. The van der Waals surface area contributed by atoms with E-state index in [-0.39, 0.29) is 12.2 Å². The highest BCUT2D eigenvalue weighted by Crippen LogP contribution is 2.43. The molecule has 1 atom stereocenters. The van der Waals surface area contributed by atoms with E-state index in [0.717, 1.165) is 11.1 Å². The molecule has 0 bridgehead atoms. The summed E-state index contributed by atoms with van der Waals surface area (Å²) in [5.74, 6) is 0. The van der Waals surface area contributed by atoms with Crippen molar-refractivity contribution in [2.75, 3.05) is 6.16 Å². The van der Waals surface area contributed by atoms with E-state index in [1.165, 1.54) is 0 Å². The van der Waals surface area contributed by atoms with Crippen LogP contribution in [0.15, 0.2) is 83.9 Å².